The van der Waals surface area contributed by atoms with Crippen LogP contribution in [0.4, 0.5) is 0 Å². The van der Waals surface area contributed by atoms with Crippen molar-refractivity contribution in [3.8, 4) is 0 Å². The van der Waals surface area contributed by atoms with Gasteiger partial charge in [-0.15, -0.1) is 0 Å². The standard InChI is InChI=1S/C11H14N4/c1-8-10-11(13-6-12-8)15(7-14-10)5-9-3-2-4-9/h6-7,9H,2-5H2,1H3. The maximum absolute atomic E-state index is 4.37. The Morgan fingerprint density at radius 2 is 2.20 bits per heavy atom. The van der Waals surface area contributed by atoms with E-state index in [0.717, 1.165) is 29.3 Å². The molecule has 0 unspecified atom stereocenters. The molecule has 1 aliphatic carbocycles. The van der Waals surface area contributed by atoms with Gasteiger partial charge in [0, 0.05) is 6.54 Å². The van der Waals surface area contributed by atoms with Crippen molar-refractivity contribution >= 4 is 11.2 Å². The quantitative estimate of drug-likeness (QED) is 0.747. The summed E-state index contributed by atoms with van der Waals surface area (Å²) in [5, 5.41) is 0. The van der Waals surface area contributed by atoms with Gasteiger partial charge in [0.1, 0.15) is 11.8 Å². The third-order valence-corrected chi connectivity index (χ3v) is 3.26. The predicted octanol–water partition coefficient (Wildman–Crippen LogP) is 1.93. The van der Waals surface area contributed by atoms with E-state index in [1.54, 1.807) is 6.33 Å². The molecule has 0 spiro atoms. The Hall–Kier alpha value is -1.45. The van der Waals surface area contributed by atoms with E-state index in [1.807, 2.05) is 13.3 Å². The summed E-state index contributed by atoms with van der Waals surface area (Å²) in [6.07, 6.45) is 7.60. The summed E-state index contributed by atoms with van der Waals surface area (Å²) in [6, 6.07) is 0. The van der Waals surface area contributed by atoms with Crippen LogP contribution in [0.15, 0.2) is 12.7 Å². The molecule has 2 aromatic rings. The van der Waals surface area contributed by atoms with E-state index in [-0.39, 0.29) is 0 Å². The zero-order valence-electron chi connectivity index (χ0n) is 8.85. The molecular formula is C11H14N4. The third kappa shape index (κ3) is 1.40. The van der Waals surface area contributed by atoms with Gasteiger partial charge in [-0.05, 0) is 25.7 Å². The van der Waals surface area contributed by atoms with E-state index in [9.17, 15) is 0 Å². The summed E-state index contributed by atoms with van der Waals surface area (Å²) >= 11 is 0. The highest BCUT2D eigenvalue weighted by Crippen LogP contribution is 2.28. The summed E-state index contributed by atoms with van der Waals surface area (Å²) in [5.74, 6) is 0.831. The van der Waals surface area contributed by atoms with E-state index in [1.165, 1.54) is 19.3 Å². The number of aryl methyl sites for hydroxylation is 1. The largest absolute Gasteiger partial charge is 0.315 e. The van der Waals surface area contributed by atoms with Gasteiger partial charge in [-0.2, -0.15) is 0 Å². The number of aromatic nitrogens is 4. The molecule has 1 fully saturated rings. The monoisotopic (exact) mass is 202 g/mol. The van der Waals surface area contributed by atoms with E-state index in [4.69, 9.17) is 0 Å². The fraction of sp³-hybridized carbons (Fsp3) is 0.545. The second-order valence-electron chi connectivity index (χ2n) is 4.33. The average Bonchev–Trinajstić information content (AvgIpc) is 2.56. The van der Waals surface area contributed by atoms with Crippen LogP contribution in [-0.2, 0) is 6.54 Å². The Kier molecular flexibility index (Phi) is 1.94. The first-order valence-electron chi connectivity index (χ1n) is 5.47. The highest BCUT2D eigenvalue weighted by Gasteiger charge is 2.19. The van der Waals surface area contributed by atoms with Crippen molar-refractivity contribution in [2.75, 3.05) is 0 Å². The highest BCUT2D eigenvalue weighted by atomic mass is 15.1. The molecule has 0 aliphatic heterocycles. The molecule has 0 amide bonds. The van der Waals surface area contributed by atoms with E-state index < -0.39 is 0 Å². The first-order chi connectivity index (χ1) is 7.34. The minimum Gasteiger partial charge on any atom is -0.315 e. The topological polar surface area (TPSA) is 43.6 Å². The Morgan fingerprint density at radius 1 is 1.33 bits per heavy atom. The molecule has 0 saturated heterocycles. The number of imidazole rings is 1. The molecule has 0 N–H and O–H groups in total. The molecule has 2 aromatic heterocycles. The van der Waals surface area contributed by atoms with Crippen LogP contribution in [0.2, 0.25) is 0 Å². The van der Waals surface area contributed by atoms with Crippen molar-refractivity contribution in [3.05, 3.63) is 18.3 Å². The predicted molar refractivity (Wildman–Crippen MR) is 57.4 cm³/mol. The number of hydrogen-bond acceptors (Lipinski definition) is 3. The molecule has 15 heavy (non-hydrogen) atoms. The van der Waals surface area contributed by atoms with Crippen LogP contribution < -0.4 is 0 Å². The molecule has 0 aromatic carbocycles. The van der Waals surface area contributed by atoms with Crippen molar-refractivity contribution in [1.82, 2.24) is 19.5 Å². The molecule has 78 valence electrons. The lowest BCUT2D eigenvalue weighted by Gasteiger charge is -2.25. The van der Waals surface area contributed by atoms with Gasteiger partial charge in [-0.3, -0.25) is 0 Å². The van der Waals surface area contributed by atoms with Gasteiger partial charge >= 0.3 is 0 Å². The van der Waals surface area contributed by atoms with Crippen LogP contribution in [0, 0.1) is 12.8 Å². The van der Waals surface area contributed by atoms with Crippen LogP contribution >= 0.6 is 0 Å². The van der Waals surface area contributed by atoms with Gasteiger partial charge in [-0.25, -0.2) is 15.0 Å². The second kappa shape index (κ2) is 3.29. The second-order valence-corrected chi connectivity index (χ2v) is 4.33. The first kappa shape index (κ1) is 8.83. The van der Waals surface area contributed by atoms with Crippen LogP contribution in [0.25, 0.3) is 11.2 Å². The molecule has 0 bridgehead atoms. The van der Waals surface area contributed by atoms with Crippen molar-refractivity contribution < 1.29 is 0 Å². The number of fused-ring (bicyclic) bond motifs is 1. The molecular weight excluding hydrogens is 188 g/mol. The lowest BCUT2D eigenvalue weighted by Crippen LogP contribution is -2.17. The average molecular weight is 202 g/mol. The minimum atomic E-state index is 0.831. The summed E-state index contributed by atoms with van der Waals surface area (Å²) < 4.78 is 2.16. The Labute approximate surface area is 88.4 Å². The van der Waals surface area contributed by atoms with E-state index in [0.29, 0.717) is 0 Å². The number of nitrogens with zero attached hydrogens (tertiary/aromatic N) is 4. The van der Waals surface area contributed by atoms with Crippen LogP contribution in [0.3, 0.4) is 0 Å². The summed E-state index contributed by atoms with van der Waals surface area (Å²) in [7, 11) is 0. The zero-order chi connectivity index (χ0) is 10.3. The van der Waals surface area contributed by atoms with Gasteiger partial charge in [0.15, 0.2) is 5.65 Å². The van der Waals surface area contributed by atoms with Crippen molar-refractivity contribution in [3.63, 3.8) is 0 Å². The third-order valence-electron chi connectivity index (χ3n) is 3.26. The highest BCUT2D eigenvalue weighted by molar-refractivity contribution is 5.72. The molecule has 0 atom stereocenters. The van der Waals surface area contributed by atoms with Gasteiger partial charge in [0.05, 0.1) is 12.0 Å². The number of hydrogen-bond donors (Lipinski definition) is 0. The minimum absolute atomic E-state index is 0.831. The van der Waals surface area contributed by atoms with Crippen LogP contribution in [0.5, 0.6) is 0 Å². The normalized spacial score (nSPS) is 16.9. The Balaban J connectivity index is 2.00. The molecule has 1 aliphatic rings. The Morgan fingerprint density at radius 3 is 2.93 bits per heavy atom. The van der Waals surface area contributed by atoms with Crippen molar-refractivity contribution in [2.24, 2.45) is 5.92 Å². The van der Waals surface area contributed by atoms with Crippen molar-refractivity contribution in [1.29, 1.82) is 0 Å². The van der Waals surface area contributed by atoms with Gasteiger partial charge in [0.2, 0.25) is 0 Å². The van der Waals surface area contributed by atoms with Gasteiger partial charge in [0.25, 0.3) is 0 Å². The summed E-state index contributed by atoms with van der Waals surface area (Å²) in [5.41, 5.74) is 2.89. The molecule has 4 heteroatoms. The molecule has 1 saturated carbocycles. The fourth-order valence-electron chi connectivity index (χ4n) is 2.08. The van der Waals surface area contributed by atoms with E-state index in [2.05, 4.69) is 19.5 Å². The smallest absolute Gasteiger partial charge is 0.163 e. The lowest BCUT2D eigenvalue weighted by molar-refractivity contribution is 0.279. The molecule has 2 heterocycles. The van der Waals surface area contributed by atoms with E-state index >= 15 is 0 Å². The van der Waals surface area contributed by atoms with Gasteiger partial charge < -0.3 is 4.57 Å². The maximum Gasteiger partial charge on any atom is 0.163 e. The first-order valence-corrected chi connectivity index (χ1v) is 5.47. The van der Waals surface area contributed by atoms with Crippen LogP contribution in [-0.4, -0.2) is 19.5 Å². The zero-order valence-corrected chi connectivity index (χ0v) is 8.85. The number of rotatable bonds is 2. The maximum atomic E-state index is 4.37. The fourth-order valence-corrected chi connectivity index (χ4v) is 2.08. The van der Waals surface area contributed by atoms with Gasteiger partial charge in [-0.1, -0.05) is 6.42 Å². The SMILES string of the molecule is Cc1ncnc2c1ncn2CC1CCC1. The Bertz CT molecular complexity index is 484. The molecule has 3 rings (SSSR count). The summed E-state index contributed by atoms with van der Waals surface area (Å²) in [4.78, 5) is 12.8. The molecule has 4 nitrogen and oxygen atoms in total. The van der Waals surface area contributed by atoms with Crippen LogP contribution in [0.1, 0.15) is 25.0 Å². The van der Waals surface area contributed by atoms with Crippen molar-refractivity contribution in [2.45, 2.75) is 32.7 Å². The lowest BCUT2D eigenvalue weighted by atomic mass is 9.85. The molecule has 0 radical (unpaired) electrons. The summed E-state index contributed by atoms with van der Waals surface area (Å²) in [6.45, 7) is 3.04.